The molecule has 0 aromatic carbocycles. The van der Waals surface area contributed by atoms with Crippen molar-refractivity contribution in [2.24, 2.45) is 5.92 Å². The molecular formula is C16H23N3S. The summed E-state index contributed by atoms with van der Waals surface area (Å²) in [6, 6.07) is 2.28. The van der Waals surface area contributed by atoms with E-state index in [1.807, 2.05) is 0 Å². The Bertz CT molecular complexity index is 525. The molecule has 0 amide bonds. The first-order chi connectivity index (χ1) is 9.74. The van der Waals surface area contributed by atoms with Crippen LogP contribution in [0.1, 0.15) is 61.8 Å². The van der Waals surface area contributed by atoms with Crippen molar-refractivity contribution in [3.63, 3.8) is 0 Å². The van der Waals surface area contributed by atoms with E-state index < -0.39 is 0 Å². The van der Waals surface area contributed by atoms with E-state index >= 15 is 0 Å². The summed E-state index contributed by atoms with van der Waals surface area (Å²) in [5.41, 5.74) is 8.28. The molecule has 2 fully saturated rings. The highest BCUT2D eigenvalue weighted by Crippen LogP contribution is 2.52. The van der Waals surface area contributed by atoms with Gasteiger partial charge in [-0.05, 0) is 43.9 Å². The summed E-state index contributed by atoms with van der Waals surface area (Å²) >= 11 is 1.62. The van der Waals surface area contributed by atoms with E-state index in [0.29, 0.717) is 5.92 Å². The van der Waals surface area contributed by atoms with Crippen molar-refractivity contribution in [3.8, 4) is 6.07 Å². The minimum Gasteiger partial charge on any atom is -0.397 e. The van der Waals surface area contributed by atoms with Gasteiger partial charge in [-0.15, -0.1) is 11.3 Å². The molecule has 3 rings (SSSR count). The maximum Gasteiger partial charge on any atom is 0.130 e. The van der Waals surface area contributed by atoms with E-state index in [4.69, 9.17) is 5.73 Å². The first-order valence-corrected chi connectivity index (χ1v) is 8.63. The summed E-state index contributed by atoms with van der Waals surface area (Å²) in [4.78, 5) is 3.23. The smallest absolute Gasteiger partial charge is 0.130 e. The van der Waals surface area contributed by atoms with Crippen LogP contribution in [0.2, 0.25) is 0 Å². The lowest BCUT2D eigenvalue weighted by molar-refractivity contribution is 0.459. The second-order valence-corrected chi connectivity index (χ2v) is 7.14. The fraction of sp³-hybridized carbons (Fsp3) is 0.688. The molecule has 3 nitrogen and oxygen atoms in total. The number of nitrogen functional groups attached to an aromatic ring is 1. The van der Waals surface area contributed by atoms with Crippen molar-refractivity contribution in [1.29, 1.82) is 5.26 Å². The zero-order valence-electron chi connectivity index (χ0n) is 12.2. The molecule has 20 heavy (non-hydrogen) atoms. The molecule has 2 heterocycles. The van der Waals surface area contributed by atoms with Crippen LogP contribution in [0, 0.1) is 17.2 Å². The van der Waals surface area contributed by atoms with Crippen LogP contribution in [-0.2, 0) is 0 Å². The Labute approximate surface area is 125 Å². The highest BCUT2D eigenvalue weighted by molar-refractivity contribution is 7.17. The van der Waals surface area contributed by atoms with Crippen LogP contribution in [0.5, 0.6) is 0 Å². The number of anilines is 2. The van der Waals surface area contributed by atoms with E-state index in [2.05, 4.69) is 17.9 Å². The van der Waals surface area contributed by atoms with Crippen molar-refractivity contribution in [1.82, 2.24) is 0 Å². The van der Waals surface area contributed by atoms with Gasteiger partial charge < -0.3 is 10.6 Å². The average Bonchev–Trinajstić information content (AvgIpc) is 3.26. The zero-order valence-corrected chi connectivity index (χ0v) is 13.0. The second kappa shape index (κ2) is 5.65. The van der Waals surface area contributed by atoms with Gasteiger partial charge in [-0.3, -0.25) is 0 Å². The number of hydrogen-bond donors (Lipinski definition) is 1. The van der Waals surface area contributed by atoms with Gasteiger partial charge in [0.15, 0.2) is 0 Å². The maximum atomic E-state index is 9.25. The van der Waals surface area contributed by atoms with Crippen LogP contribution in [0.3, 0.4) is 0 Å². The largest absolute Gasteiger partial charge is 0.397 e. The van der Waals surface area contributed by atoms with Crippen molar-refractivity contribution in [2.45, 2.75) is 51.4 Å². The first-order valence-electron chi connectivity index (χ1n) is 7.81. The standard InChI is InChI=1S/C16H23N3S/c1-2-11-4-3-8-19(9-7-11)16-14(12-5-6-12)15(18)13(10-17)20-16/h11-12H,2-9,18H2,1H3. The number of hydrogen-bond acceptors (Lipinski definition) is 4. The normalized spacial score (nSPS) is 23.4. The average molecular weight is 289 g/mol. The van der Waals surface area contributed by atoms with Crippen LogP contribution < -0.4 is 10.6 Å². The quantitative estimate of drug-likeness (QED) is 0.911. The van der Waals surface area contributed by atoms with Gasteiger partial charge in [0, 0.05) is 18.7 Å². The highest BCUT2D eigenvalue weighted by atomic mass is 32.1. The zero-order chi connectivity index (χ0) is 14.1. The maximum absolute atomic E-state index is 9.25. The van der Waals surface area contributed by atoms with Gasteiger partial charge in [-0.1, -0.05) is 13.3 Å². The van der Waals surface area contributed by atoms with Gasteiger partial charge in [0.25, 0.3) is 0 Å². The lowest BCUT2D eigenvalue weighted by Gasteiger charge is -2.23. The number of rotatable bonds is 3. The summed E-state index contributed by atoms with van der Waals surface area (Å²) < 4.78 is 0. The Morgan fingerprint density at radius 3 is 2.75 bits per heavy atom. The van der Waals surface area contributed by atoms with Crippen molar-refractivity contribution >= 4 is 22.0 Å². The molecule has 2 aliphatic rings. The van der Waals surface area contributed by atoms with Crippen molar-refractivity contribution < 1.29 is 0 Å². The van der Waals surface area contributed by atoms with E-state index in [-0.39, 0.29) is 0 Å². The Hall–Kier alpha value is -1.21. The monoisotopic (exact) mass is 289 g/mol. The van der Waals surface area contributed by atoms with Crippen LogP contribution in [0.15, 0.2) is 0 Å². The molecular weight excluding hydrogens is 266 g/mol. The number of nitrogens with zero attached hydrogens (tertiary/aromatic N) is 2. The van der Waals surface area contributed by atoms with Gasteiger partial charge in [-0.2, -0.15) is 5.26 Å². The molecule has 0 bridgehead atoms. The summed E-state index contributed by atoms with van der Waals surface area (Å²) in [6.07, 6.45) is 7.66. The van der Waals surface area contributed by atoms with Crippen LogP contribution >= 0.6 is 11.3 Å². The predicted molar refractivity (Wildman–Crippen MR) is 85.3 cm³/mol. The van der Waals surface area contributed by atoms with Crippen LogP contribution in [0.4, 0.5) is 10.7 Å². The third kappa shape index (κ3) is 2.52. The number of thiophene rings is 1. The van der Waals surface area contributed by atoms with Crippen LogP contribution in [-0.4, -0.2) is 13.1 Å². The Morgan fingerprint density at radius 1 is 1.30 bits per heavy atom. The van der Waals surface area contributed by atoms with Gasteiger partial charge in [-0.25, -0.2) is 0 Å². The molecule has 0 radical (unpaired) electrons. The lowest BCUT2D eigenvalue weighted by Crippen LogP contribution is -2.24. The van der Waals surface area contributed by atoms with E-state index in [1.165, 1.54) is 49.1 Å². The third-order valence-electron chi connectivity index (χ3n) is 4.76. The summed E-state index contributed by atoms with van der Waals surface area (Å²) in [5, 5.41) is 10.6. The summed E-state index contributed by atoms with van der Waals surface area (Å²) in [6.45, 7) is 4.55. The van der Waals surface area contributed by atoms with Gasteiger partial charge in [0.05, 0.1) is 10.7 Å². The van der Waals surface area contributed by atoms with E-state index in [9.17, 15) is 5.26 Å². The fourth-order valence-electron chi connectivity index (χ4n) is 3.31. The first kappa shape index (κ1) is 13.8. The molecule has 4 heteroatoms. The lowest BCUT2D eigenvalue weighted by atomic mass is 9.98. The number of nitriles is 1. The molecule has 1 aliphatic carbocycles. The summed E-state index contributed by atoms with van der Waals surface area (Å²) in [7, 11) is 0. The van der Waals surface area contributed by atoms with Crippen molar-refractivity contribution in [3.05, 3.63) is 10.4 Å². The predicted octanol–water partition coefficient (Wildman–Crippen LogP) is 4.10. The second-order valence-electron chi connectivity index (χ2n) is 6.14. The molecule has 1 aromatic rings. The molecule has 108 valence electrons. The molecule has 1 saturated carbocycles. The molecule has 0 spiro atoms. The number of nitrogens with two attached hydrogens (primary N) is 1. The van der Waals surface area contributed by atoms with E-state index in [0.717, 1.165) is 29.6 Å². The third-order valence-corrected chi connectivity index (χ3v) is 5.95. The Kier molecular flexibility index (Phi) is 3.89. The fourth-order valence-corrected chi connectivity index (χ4v) is 4.46. The van der Waals surface area contributed by atoms with Crippen LogP contribution in [0.25, 0.3) is 0 Å². The molecule has 1 aliphatic heterocycles. The molecule has 1 atom stereocenters. The van der Waals surface area contributed by atoms with E-state index in [1.54, 1.807) is 11.3 Å². The SMILES string of the molecule is CCC1CCCN(c2sc(C#N)c(N)c2C2CC2)CC1. The molecule has 1 unspecified atom stereocenters. The Morgan fingerprint density at radius 2 is 2.10 bits per heavy atom. The highest BCUT2D eigenvalue weighted by Gasteiger charge is 2.33. The molecule has 2 N–H and O–H groups in total. The minimum atomic E-state index is 0.619. The Balaban J connectivity index is 1.87. The van der Waals surface area contributed by atoms with Gasteiger partial charge >= 0.3 is 0 Å². The topological polar surface area (TPSA) is 53.0 Å². The van der Waals surface area contributed by atoms with Gasteiger partial charge in [0.2, 0.25) is 0 Å². The molecule has 1 saturated heterocycles. The minimum absolute atomic E-state index is 0.619. The van der Waals surface area contributed by atoms with Crippen molar-refractivity contribution in [2.75, 3.05) is 23.7 Å². The molecule has 1 aromatic heterocycles. The summed E-state index contributed by atoms with van der Waals surface area (Å²) in [5.74, 6) is 1.49. The van der Waals surface area contributed by atoms with Gasteiger partial charge in [0.1, 0.15) is 10.9 Å².